The first-order chi connectivity index (χ1) is 25.8. The van der Waals surface area contributed by atoms with Gasteiger partial charge in [0.15, 0.2) is 5.78 Å². The number of amides is 1. The maximum atomic E-state index is 15.0. The largest absolute Gasteiger partial charge is 0.392 e. The number of rotatable bonds is 8. The highest BCUT2D eigenvalue weighted by Gasteiger charge is 2.67. The molecule has 8 rings (SSSR count). The summed E-state index contributed by atoms with van der Waals surface area (Å²) in [5, 5.41) is 28.3. The van der Waals surface area contributed by atoms with Crippen molar-refractivity contribution in [3.63, 3.8) is 0 Å². The Kier molecular flexibility index (Phi) is 8.86. The summed E-state index contributed by atoms with van der Waals surface area (Å²) in [6.45, 7) is 26.5. The van der Waals surface area contributed by atoms with E-state index in [0.717, 1.165) is 83.7 Å². The quantitative estimate of drug-likeness (QED) is 0.142. The summed E-state index contributed by atoms with van der Waals surface area (Å²) in [6.07, 6.45) is 14.3. The molecule has 7 nitrogen and oxygen atoms in total. The molecule has 296 valence electrons. The monoisotopic (exact) mass is 748 g/mol. The molecule has 0 bridgehead atoms. The van der Waals surface area contributed by atoms with Crippen molar-refractivity contribution < 1.29 is 24.5 Å². The average molecular weight is 749 g/mol. The van der Waals surface area contributed by atoms with Crippen LogP contribution in [0.25, 0.3) is 16.5 Å². The van der Waals surface area contributed by atoms with E-state index < -0.39 is 34.9 Å². The first-order valence-electron chi connectivity index (χ1n) is 21.2. The molecule has 2 unspecified atom stereocenters. The van der Waals surface area contributed by atoms with Gasteiger partial charge >= 0.3 is 0 Å². The van der Waals surface area contributed by atoms with Crippen molar-refractivity contribution in [2.75, 3.05) is 6.54 Å². The first kappa shape index (κ1) is 38.6. The molecule has 0 spiro atoms. The van der Waals surface area contributed by atoms with Gasteiger partial charge in [-0.2, -0.15) is 0 Å². The Labute approximate surface area is 328 Å². The zero-order valence-electron chi connectivity index (χ0n) is 35.0. The number of carbonyl (C=O) groups is 2. The fourth-order valence-electron chi connectivity index (χ4n) is 13.4. The van der Waals surface area contributed by atoms with Gasteiger partial charge in [-0.25, -0.2) is 0 Å². The Morgan fingerprint density at radius 2 is 1.82 bits per heavy atom. The number of unbranched alkanes of at least 4 members (excludes halogenated alkanes) is 1. The molecule has 2 fully saturated rings. The Bertz CT molecular complexity index is 2110. The normalized spacial score (nSPS) is 36.7. The summed E-state index contributed by atoms with van der Waals surface area (Å²) >= 11 is 0. The lowest BCUT2D eigenvalue weighted by molar-refractivity contribution is -0.144. The highest BCUT2D eigenvalue weighted by atomic mass is 16.5. The standard InChI is InChI=1S/C48H64N2O5/c1-12-14-16-27(43(54)49-13-2)17-15-21-46(9)33-19-18-28-23-31-30-24-29-32-25-44(5,6)55-45(7,8)37(32)40(52)35(29)36-39(30)50(38(26(3)4)41(36)53)42(31)48(28,11)47(33,10)22-20-34(46)51/h15,17,21,24-25,28,33-34,37-38,40,51-52H,3,12-14,16,18-20,22-23H2,1-2,4-11H3,(H,49,54)/b21-15+,27-17+/t28?,33-,34-,37?,38-,40+,46-,47-,48+/m0/s1. The van der Waals surface area contributed by atoms with Gasteiger partial charge in [-0.15, -0.1) is 0 Å². The summed E-state index contributed by atoms with van der Waals surface area (Å²) in [4.78, 5) is 27.9. The number of benzene rings is 1. The molecule has 2 aliphatic heterocycles. The van der Waals surface area contributed by atoms with E-state index in [1.165, 1.54) is 11.3 Å². The maximum Gasteiger partial charge on any atom is 0.247 e. The molecule has 6 aliphatic rings. The van der Waals surface area contributed by atoms with Crippen LogP contribution in [0.4, 0.5) is 0 Å². The van der Waals surface area contributed by atoms with Gasteiger partial charge in [-0.3, -0.25) is 9.59 Å². The number of carbonyl (C=O) groups excluding carboxylic acids is 2. The van der Waals surface area contributed by atoms with Crippen molar-refractivity contribution in [1.29, 1.82) is 0 Å². The minimum absolute atomic E-state index is 0.0137. The highest BCUT2D eigenvalue weighted by Crippen LogP contribution is 2.71. The van der Waals surface area contributed by atoms with Gasteiger partial charge in [0.25, 0.3) is 0 Å². The van der Waals surface area contributed by atoms with Gasteiger partial charge in [-0.1, -0.05) is 64.5 Å². The number of allylic oxidation sites excluding steroid dienone is 3. The van der Waals surface area contributed by atoms with Crippen molar-refractivity contribution >= 4 is 28.2 Å². The predicted octanol–water partition coefficient (Wildman–Crippen LogP) is 9.41. The molecular weight excluding hydrogens is 685 g/mol. The van der Waals surface area contributed by atoms with Gasteiger partial charge in [0.1, 0.15) is 6.04 Å². The van der Waals surface area contributed by atoms with E-state index in [2.05, 4.69) is 90.1 Å². The number of likely N-dealkylation sites (N-methyl/N-ethyl adjacent to an activating group) is 1. The van der Waals surface area contributed by atoms with Crippen LogP contribution in [0.2, 0.25) is 0 Å². The molecular formula is C48H64N2O5. The van der Waals surface area contributed by atoms with Crippen molar-refractivity contribution in [2.45, 2.75) is 155 Å². The van der Waals surface area contributed by atoms with Crippen molar-refractivity contribution in [3.8, 4) is 0 Å². The molecule has 2 saturated carbocycles. The van der Waals surface area contributed by atoms with Crippen LogP contribution in [0.15, 0.2) is 48.1 Å². The lowest BCUT2D eigenvalue weighted by Crippen LogP contribution is -2.62. The predicted molar refractivity (Wildman–Crippen MR) is 220 cm³/mol. The topological polar surface area (TPSA) is 101 Å². The smallest absolute Gasteiger partial charge is 0.247 e. The second kappa shape index (κ2) is 12.6. The number of aliphatic hydroxyl groups excluding tert-OH is 2. The van der Waals surface area contributed by atoms with E-state index >= 15 is 0 Å². The van der Waals surface area contributed by atoms with Crippen molar-refractivity contribution in [2.24, 2.45) is 28.6 Å². The van der Waals surface area contributed by atoms with E-state index in [4.69, 9.17) is 4.74 Å². The van der Waals surface area contributed by atoms with Crippen LogP contribution in [-0.4, -0.2) is 50.3 Å². The number of Topliss-reactive ketones (excluding diaryl/α,β-unsaturated/α-hetero) is 1. The number of hydrogen-bond donors (Lipinski definition) is 3. The van der Waals surface area contributed by atoms with Crippen LogP contribution in [0.5, 0.6) is 0 Å². The van der Waals surface area contributed by atoms with Crippen LogP contribution in [-0.2, 0) is 21.4 Å². The maximum absolute atomic E-state index is 15.0. The average Bonchev–Trinajstić information content (AvgIpc) is 3.77. The lowest BCUT2D eigenvalue weighted by atomic mass is 9.40. The van der Waals surface area contributed by atoms with E-state index in [1.54, 1.807) is 0 Å². The zero-order chi connectivity index (χ0) is 39.8. The summed E-state index contributed by atoms with van der Waals surface area (Å²) in [7, 11) is 0. The molecule has 1 amide bonds. The van der Waals surface area contributed by atoms with Gasteiger partial charge in [0.2, 0.25) is 5.91 Å². The molecule has 2 aromatic rings. The minimum Gasteiger partial charge on any atom is -0.392 e. The van der Waals surface area contributed by atoms with Gasteiger partial charge < -0.3 is 24.8 Å². The van der Waals surface area contributed by atoms with Gasteiger partial charge in [0, 0.05) is 45.5 Å². The van der Waals surface area contributed by atoms with E-state index in [-0.39, 0.29) is 34.4 Å². The fraction of sp³-hybridized carbons (Fsp3) is 0.625. The number of hydrogen-bond acceptors (Lipinski definition) is 5. The summed E-state index contributed by atoms with van der Waals surface area (Å²) in [5.41, 5.74) is 6.63. The molecule has 7 heteroatoms. The first-order valence-corrected chi connectivity index (χ1v) is 21.2. The third-order valence-corrected chi connectivity index (χ3v) is 15.8. The third kappa shape index (κ3) is 5.10. The number of ether oxygens (including phenoxy) is 1. The van der Waals surface area contributed by atoms with Crippen LogP contribution in [0.1, 0.15) is 159 Å². The lowest BCUT2D eigenvalue weighted by Gasteiger charge is -2.64. The van der Waals surface area contributed by atoms with Crippen molar-refractivity contribution in [1.82, 2.24) is 9.88 Å². The van der Waals surface area contributed by atoms with Gasteiger partial charge in [0.05, 0.1) is 34.5 Å². The number of fused-ring (bicyclic) bond motifs is 11. The Hall–Kier alpha value is -3.26. The van der Waals surface area contributed by atoms with E-state index in [9.17, 15) is 19.8 Å². The Balaban J connectivity index is 1.29. The summed E-state index contributed by atoms with van der Waals surface area (Å²) < 4.78 is 8.93. The Morgan fingerprint density at radius 1 is 1.09 bits per heavy atom. The van der Waals surface area contributed by atoms with Gasteiger partial charge in [-0.05, 0) is 133 Å². The zero-order valence-corrected chi connectivity index (χ0v) is 35.0. The molecule has 55 heavy (non-hydrogen) atoms. The number of ketones is 1. The number of nitrogens with zero attached hydrogens (tertiary/aromatic N) is 1. The van der Waals surface area contributed by atoms with Crippen molar-refractivity contribution in [3.05, 3.63) is 76.0 Å². The molecule has 1 aromatic carbocycles. The second-order valence-electron chi connectivity index (χ2n) is 19.8. The molecule has 3 N–H and O–H groups in total. The molecule has 0 radical (unpaired) electrons. The SMILES string of the molecule is C=C(C)[C@H]1C(=O)c2c3c(cc4c5c(n1c24)[C@@]1(C)C(CC[C@H]2[C@](C)(/C=C/C=C(\CCCC)C(=O)NCC)[C@@H](O)CC[C@@]21C)C5)C1=CC(C)(C)OC(C)(C)C1[C@@H]3O. The third-order valence-electron chi connectivity index (χ3n) is 15.8. The minimum atomic E-state index is -0.852. The number of aliphatic hydroxyl groups is 2. The van der Waals surface area contributed by atoms with Crippen LogP contribution < -0.4 is 5.32 Å². The second-order valence-corrected chi connectivity index (χ2v) is 19.8. The van der Waals surface area contributed by atoms with E-state index in [0.29, 0.717) is 24.4 Å². The molecule has 0 saturated heterocycles. The number of nitrogens with one attached hydrogen (secondary N) is 1. The van der Waals surface area contributed by atoms with E-state index in [1.807, 2.05) is 26.0 Å². The number of aromatic nitrogens is 1. The van der Waals surface area contributed by atoms with Crippen LogP contribution in [0, 0.1) is 28.6 Å². The van der Waals surface area contributed by atoms with Crippen LogP contribution >= 0.6 is 0 Å². The van der Waals surface area contributed by atoms with Crippen LogP contribution in [0.3, 0.4) is 0 Å². The fourth-order valence-corrected chi connectivity index (χ4v) is 13.4. The molecule has 3 heterocycles. The summed E-state index contributed by atoms with van der Waals surface area (Å²) in [5.74, 6) is 0.330. The Morgan fingerprint density at radius 3 is 2.49 bits per heavy atom. The summed E-state index contributed by atoms with van der Waals surface area (Å²) in [6, 6.07) is 1.79. The molecule has 9 atom stereocenters. The molecule has 4 aliphatic carbocycles. The molecule has 1 aromatic heterocycles. The highest BCUT2D eigenvalue weighted by molar-refractivity contribution is 6.18.